The molecule has 0 bridgehead atoms. The molecule has 0 saturated carbocycles. The van der Waals surface area contributed by atoms with Crippen molar-refractivity contribution in [2.24, 2.45) is 7.05 Å². The van der Waals surface area contributed by atoms with Gasteiger partial charge in [0.25, 0.3) is 0 Å². The fourth-order valence-electron chi connectivity index (χ4n) is 2.40. The highest BCUT2D eigenvalue weighted by Gasteiger charge is 2.22. The molecule has 0 spiro atoms. The third-order valence-corrected chi connectivity index (χ3v) is 6.07. The summed E-state index contributed by atoms with van der Waals surface area (Å²) in [5.74, 6) is 0.0620. The number of likely N-dealkylation sites (N-methyl/N-ethyl adjacent to an activating group) is 1. The second-order valence-corrected chi connectivity index (χ2v) is 8.17. The molecule has 0 fully saturated rings. The van der Waals surface area contributed by atoms with Gasteiger partial charge in [0.2, 0.25) is 10.0 Å². The summed E-state index contributed by atoms with van der Waals surface area (Å²) in [6, 6.07) is 11.2. The lowest BCUT2D eigenvalue weighted by Gasteiger charge is -2.17. The molecule has 9 heteroatoms. The van der Waals surface area contributed by atoms with Gasteiger partial charge in [-0.1, -0.05) is 11.6 Å². The van der Waals surface area contributed by atoms with Crippen LogP contribution in [0.25, 0.3) is 11.1 Å². The number of ether oxygens (including phenoxy) is 1. The van der Waals surface area contributed by atoms with Crippen LogP contribution in [0.2, 0.25) is 5.02 Å². The first-order chi connectivity index (χ1) is 12.3. The van der Waals surface area contributed by atoms with E-state index in [1.54, 1.807) is 37.4 Å². The minimum Gasteiger partial charge on any atom is -0.492 e. The Labute approximate surface area is 155 Å². The van der Waals surface area contributed by atoms with Crippen LogP contribution in [0, 0.1) is 0 Å². The molecule has 0 atom stereocenters. The van der Waals surface area contributed by atoms with Gasteiger partial charge in [-0.3, -0.25) is 4.57 Å². The van der Waals surface area contributed by atoms with Crippen molar-refractivity contribution in [3.8, 4) is 5.75 Å². The van der Waals surface area contributed by atoms with E-state index in [2.05, 4.69) is 0 Å². The maximum atomic E-state index is 12.7. The minimum absolute atomic E-state index is 0.0494. The number of rotatable bonds is 6. The first-order valence-corrected chi connectivity index (χ1v) is 9.55. The first-order valence-electron chi connectivity index (χ1n) is 7.73. The molecule has 0 radical (unpaired) electrons. The molecule has 0 N–H and O–H groups in total. The first kappa shape index (κ1) is 18.5. The lowest BCUT2D eigenvalue weighted by molar-refractivity contribution is 0.287. The SMILES string of the molecule is CN(CCOc1ccc(Cl)cc1)S(=O)(=O)c1ccc2c(c1)oc(=O)n2C. The van der Waals surface area contributed by atoms with Crippen LogP contribution in [0.5, 0.6) is 5.75 Å². The molecule has 0 aliphatic heterocycles. The number of nitrogens with zero attached hydrogens (tertiary/aromatic N) is 2. The van der Waals surface area contributed by atoms with E-state index in [0.717, 1.165) is 0 Å². The summed E-state index contributed by atoms with van der Waals surface area (Å²) in [5.41, 5.74) is 0.757. The summed E-state index contributed by atoms with van der Waals surface area (Å²) in [4.78, 5) is 11.6. The van der Waals surface area contributed by atoms with Crippen LogP contribution < -0.4 is 10.5 Å². The quantitative estimate of drug-likeness (QED) is 0.639. The number of hydrogen-bond donors (Lipinski definition) is 0. The predicted molar refractivity (Wildman–Crippen MR) is 98.2 cm³/mol. The molecule has 1 aromatic heterocycles. The van der Waals surface area contributed by atoms with E-state index in [-0.39, 0.29) is 23.6 Å². The normalized spacial score (nSPS) is 12.0. The molecule has 3 rings (SSSR count). The lowest BCUT2D eigenvalue weighted by atomic mass is 10.3. The predicted octanol–water partition coefficient (Wildman–Crippen LogP) is 2.48. The summed E-state index contributed by atoms with van der Waals surface area (Å²) >= 11 is 5.80. The zero-order valence-corrected chi connectivity index (χ0v) is 15.7. The highest BCUT2D eigenvalue weighted by molar-refractivity contribution is 7.89. The fourth-order valence-corrected chi connectivity index (χ4v) is 3.69. The van der Waals surface area contributed by atoms with E-state index >= 15 is 0 Å². The molecule has 0 aliphatic carbocycles. The van der Waals surface area contributed by atoms with Crippen molar-refractivity contribution < 1.29 is 17.6 Å². The number of hydrogen-bond acceptors (Lipinski definition) is 5. The van der Waals surface area contributed by atoms with Gasteiger partial charge in [-0.05, 0) is 36.4 Å². The van der Waals surface area contributed by atoms with Gasteiger partial charge in [0.1, 0.15) is 12.4 Å². The number of sulfonamides is 1. The van der Waals surface area contributed by atoms with Gasteiger partial charge in [0.05, 0.1) is 10.4 Å². The Hall–Kier alpha value is -2.29. The van der Waals surface area contributed by atoms with E-state index in [1.165, 1.54) is 28.1 Å². The molecule has 0 saturated heterocycles. The number of oxazole rings is 1. The van der Waals surface area contributed by atoms with Gasteiger partial charge >= 0.3 is 5.76 Å². The minimum atomic E-state index is -3.73. The Balaban J connectivity index is 1.72. The molecule has 1 heterocycles. The summed E-state index contributed by atoms with van der Waals surface area (Å²) in [6.07, 6.45) is 0. The lowest BCUT2D eigenvalue weighted by Crippen LogP contribution is -2.31. The van der Waals surface area contributed by atoms with Crippen LogP contribution in [0.15, 0.2) is 56.6 Å². The van der Waals surface area contributed by atoms with Crippen LogP contribution in [0.3, 0.4) is 0 Å². The van der Waals surface area contributed by atoms with Gasteiger partial charge in [-0.2, -0.15) is 4.31 Å². The van der Waals surface area contributed by atoms with Crippen molar-refractivity contribution in [3.05, 3.63) is 58.0 Å². The molecule has 26 heavy (non-hydrogen) atoms. The topological polar surface area (TPSA) is 81.8 Å². The highest BCUT2D eigenvalue weighted by Crippen LogP contribution is 2.21. The van der Waals surface area contributed by atoms with Gasteiger partial charge in [0, 0.05) is 31.7 Å². The maximum Gasteiger partial charge on any atom is 0.419 e. The molecule has 0 unspecified atom stereocenters. The summed E-state index contributed by atoms with van der Waals surface area (Å²) < 4.78 is 38.4. The third kappa shape index (κ3) is 3.62. The van der Waals surface area contributed by atoms with E-state index in [0.29, 0.717) is 16.3 Å². The Morgan fingerprint density at radius 2 is 1.88 bits per heavy atom. The number of fused-ring (bicyclic) bond motifs is 1. The second-order valence-electron chi connectivity index (χ2n) is 5.69. The van der Waals surface area contributed by atoms with Crippen molar-refractivity contribution in [1.29, 1.82) is 0 Å². The fraction of sp³-hybridized carbons (Fsp3) is 0.235. The molecule has 2 aromatic carbocycles. The molecule has 138 valence electrons. The van der Waals surface area contributed by atoms with Crippen LogP contribution >= 0.6 is 11.6 Å². The van der Waals surface area contributed by atoms with Crippen LogP contribution in [-0.4, -0.2) is 37.5 Å². The van der Waals surface area contributed by atoms with Gasteiger partial charge in [-0.25, -0.2) is 13.2 Å². The zero-order chi connectivity index (χ0) is 18.9. The Bertz CT molecular complexity index is 1090. The van der Waals surface area contributed by atoms with E-state index in [9.17, 15) is 13.2 Å². The maximum absolute atomic E-state index is 12.7. The molecule has 7 nitrogen and oxygen atoms in total. The summed E-state index contributed by atoms with van der Waals surface area (Å²) in [5, 5.41) is 0.597. The number of aryl methyl sites for hydroxylation is 1. The molecule has 3 aromatic rings. The number of benzene rings is 2. The molecular weight excluding hydrogens is 380 g/mol. The average molecular weight is 397 g/mol. The zero-order valence-electron chi connectivity index (χ0n) is 14.2. The van der Waals surface area contributed by atoms with Crippen molar-refractivity contribution in [3.63, 3.8) is 0 Å². The van der Waals surface area contributed by atoms with E-state index in [4.69, 9.17) is 20.8 Å². The third-order valence-electron chi connectivity index (χ3n) is 3.96. The van der Waals surface area contributed by atoms with Gasteiger partial charge < -0.3 is 9.15 Å². The summed E-state index contributed by atoms with van der Waals surface area (Å²) in [6.45, 7) is 0.335. The van der Waals surface area contributed by atoms with Crippen molar-refractivity contribution >= 4 is 32.7 Å². The van der Waals surface area contributed by atoms with Crippen molar-refractivity contribution in [2.75, 3.05) is 20.2 Å². The number of aromatic nitrogens is 1. The van der Waals surface area contributed by atoms with Crippen molar-refractivity contribution in [2.45, 2.75) is 4.90 Å². The highest BCUT2D eigenvalue weighted by atomic mass is 35.5. The van der Waals surface area contributed by atoms with Gasteiger partial charge in [0.15, 0.2) is 5.58 Å². The average Bonchev–Trinajstić information content (AvgIpc) is 2.90. The van der Waals surface area contributed by atoms with Crippen LogP contribution in [-0.2, 0) is 17.1 Å². The molecule has 0 amide bonds. The molecular formula is C17H17ClN2O5S. The van der Waals surface area contributed by atoms with Gasteiger partial charge in [-0.15, -0.1) is 0 Å². The van der Waals surface area contributed by atoms with Crippen LogP contribution in [0.4, 0.5) is 0 Å². The van der Waals surface area contributed by atoms with Crippen molar-refractivity contribution in [1.82, 2.24) is 8.87 Å². The monoisotopic (exact) mass is 396 g/mol. The summed E-state index contributed by atoms with van der Waals surface area (Å²) in [7, 11) is -0.712. The standard InChI is InChI=1S/C17H17ClN2O5S/c1-19(9-10-24-13-5-3-12(18)4-6-13)26(22,23)14-7-8-15-16(11-14)25-17(21)20(15)2/h3-8,11H,9-10H2,1-2H3. The van der Waals surface area contributed by atoms with E-state index < -0.39 is 15.8 Å². The Morgan fingerprint density at radius 1 is 1.19 bits per heavy atom. The van der Waals surface area contributed by atoms with E-state index in [1.807, 2.05) is 0 Å². The largest absolute Gasteiger partial charge is 0.492 e. The Morgan fingerprint density at radius 3 is 2.58 bits per heavy atom. The number of halogens is 1. The Kier molecular flexibility index (Phi) is 5.08. The second kappa shape index (κ2) is 7.14. The van der Waals surface area contributed by atoms with Crippen LogP contribution in [0.1, 0.15) is 0 Å². The molecule has 0 aliphatic rings. The smallest absolute Gasteiger partial charge is 0.419 e.